The Kier molecular flexibility index (Phi) is 4.32. The number of allylic oxidation sites excluding steroid dienone is 2. The normalized spacial score (nSPS) is 28.7. The molecule has 0 aromatic carbocycles. The molecule has 2 nitrogen and oxygen atoms in total. The number of carboxylic acid groups (broad SMARTS) is 1. The van der Waals surface area contributed by atoms with E-state index in [9.17, 15) is 4.79 Å². The van der Waals surface area contributed by atoms with E-state index in [1.54, 1.807) is 0 Å². The monoisotopic (exact) mass is 190 g/mol. The Balaban J connectivity index is 0.00000121. The molecular weight excluding hydrogens is 176 g/mol. The van der Waals surface area contributed by atoms with Crippen molar-refractivity contribution in [3.05, 3.63) is 11.6 Å². The third-order valence-electron chi connectivity index (χ3n) is 2.37. The standard InChI is InChI=1S/C9H14O2.ClH/c1-6-3-4-8(9(10)11)7(2)5-6;/h3,7-8H,4-5H2,1-2H3,(H,10,11);1H/t7-,8-;/m0./s1. The molecule has 3 heteroatoms. The Morgan fingerprint density at radius 1 is 1.67 bits per heavy atom. The minimum atomic E-state index is -0.652. The molecule has 1 N–H and O–H groups in total. The first-order valence-corrected chi connectivity index (χ1v) is 3.99. The molecule has 1 rings (SSSR count). The highest BCUT2D eigenvalue weighted by molar-refractivity contribution is 5.85. The Morgan fingerprint density at radius 2 is 2.25 bits per heavy atom. The van der Waals surface area contributed by atoms with Crippen LogP contribution in [0, 0.1) is 11.8 Å². The first-order valence-electron chi connectivity index (χ1n) is 3.99. The molecule has 0 fully saturated rings. The van der Waals surface area contributed by atoms with Gasteiger partial charge in [-0.1, -0.05) is 18.6 Å². The van der Waals surface area contributed by atoms with Crippen LogP contribution in [0.25, 0.3) is 0 Å². The van der Waals surface area contributed by atoms with E-state index in [4.69, 9.17) is 5.11 Å². The van der Waals surface area contributed by atoms with E-state index in [1.807, 2.05) is 13.0 Å². The third kappa shape index (κ3) is 2.52. The molecule has 0 heterocycles. The lowest BCUT2D eigenvalue weighted by Gasteiger charge is -2.23. The molecule has 0 amide bonds. The van der Waals surface area contributed by atoms with Crippen molar-refractivity contribution < 1.29 is 9.90 Å². The summed E-state index contributed by atoms with van der Waals surface area (Å²) in [6.45, 7) is 4.07. The van der Waals surface area contributed by atoms with Crippen LogP contribution < -0.4 is 0 Å². The highest BCUT2D eigenvalue weighted by Crippen LogP contribution is 2.28. The summed E-state index contributed by atoms with van der Waals surface area (Å²) < 4.78 is 0. The predicted octanol–water partition coefficient (Wildman–Crippen LogP) is 2.49. The summed E-state index contributed by atoms with van der Waals surface area (Å²) in [6, 6.07) is 0. The summed E-state index contributed by atoms with van der Waals surface area (Å²) in [5, 5.41) is 8.77. The minimum absolute atomic E-state index is 0. The van der Waals surface area contributed by atoms with Crippen molar-refractivity contribution >= 4 is 18.4 Å². The van der Waals surface area contributed by atoms with E-state index in [0.717, 1.165) is 6.42 Å². The van der Waals surface area contributed by atoms with Crippen molar-refractivity contribution in [1.82, 2.24) is 0 Å². The van der Waals surface area contributed by atoms with Crippen molar-refractivity contribution in [3.8, 4) is 0 Å². The van der Waals surface area contributed by atoms with Crippen LogP contribution in [-0.4, -0.2) is 11.1 Å². The number of carboxylic acids is 1. The van der Waals surface area contributed by atoms with Crippen LogP contribution in [0.1, 0.15) is 26.7 Å². The third-order valence-corrected chi connectivity index (χ3v) is 2.37. The molecule has 2 atom stereocenters. The number of hydrogen-bond acceptors (Lipinski definition) is 1. The highest BCUT2D eigenvalue weighted by Gasteiger charge is 2.26. The van der Waals surface area contributed by atoms with Gasteiger partial charge in [-0.05, 0) is 25.7 Å². The fourth-order valence-corrected chi connectivity index (χ4v) is 1.64. The Bertz CT molecular complexity index is 199. The zero-order chi connectivity index (χ0) is 8.43. The molecule has 0 saturated heterocycles. The van der Waals surface area contributed by atoms with Gasteiger partial charge in [-0.3, -0.25) is 4.79 Å². The highest BCUT2D eigenvalue weighted by atomic mass is 35.5. The van der Waals surface area contributed by atoms with Crippen molar-refractivity contribution in [1.29, 1.82) is 0 Å². The molecule has 0 aromatic heterocycles. The Labute approximate surface area is 79.1 Å². The quantitative estimate of drug-likeness (QED) is 0.645. The van der Waals surface area contributed by atoms with E-state index in [0.29, 0.717) is 12.3 Å². The predicted molar refractivity (Wildman–Crippen MR) is 50.5 cm³/mol. The smallest absolute Gasteiger partial charge is 0.307 e. The number of hydrogen-bond donors (Lipinski definition) is 1. The lowest BCUT2D eigenvalue weighted by atomic mass is 9.81. The first kappa shape index (κ1) is 11.5. The molecule has 1 aliphatic rings. The van der Waals surface area contributed by atoms with Gasteiger partial charge < -0.3 is 5.11 Å². The molecule has 0 aliphatic heterocycles. The maximum Gasteiger partial charge on any atom is 0.307 e. The summed E-state index contributed by atoms with van der Waals surface area (Å²) in [7, 11) is 0. The van der Waals surface area contributed by atoms with Gasteiger partial charge in [0.2, 0.25) is 0 Å². The van der Waals surface area contributed by atoms with Gasteiger partial charge in [0, 0.05) is 0 Å². The lowest BCUT2D eigenvalue weighted by Crippen LogP contribution is -2.23. The fraction of sp³-hybridized carbons (Fsp3) is 0.667. The van der Waals surface area contributed by atoms with Gasteiger partial charge in [0.25, 0.3) is 0 Å². The van der Waals surface area contributed by atoms with Crippen LogP contribution in [0.2, 0.25) is 0 Å². The number of aliphatic carboxylic acids is 1. The molecule has 0 spiro atoms. The van der Waals surface area contributed by atoms with E-state index in [-0.39, 0.29) is 18.3 Å². The van der Waals surface area contributed by atoms with Gasteiger partial charge in [-0.25, -0.2) is 0 Å². The molecule has 0 radical (unpaired) electrons. The number of carbonyl (C=O) groups is 1. The maximum absolute atomic E-state index is 10.6. The van der Waals surface area contributed by atoms with Crippen LogP contribution in [0.15, 0.2) is 11.6 Å². The molecule has 0 saturated carbocycles. The van der Waals surface area contributed by atoms with Gasteiger partial charge in [0.05, 0.1) is 5.92 Å². The Hall–Kier alpha value is -0.500. The van der Waals surface area contributed by atoms with Gasteiger partial charge in [0.1, 0.15) is 0 Å². The topological polar surface area (TPSA) is 37.3 Å². The van der Waals surface area contributed by atoms with Crippen LogP contribution in [0.4, 0.5) is 0 Å². The molecule has 0 bridgehead atoms. The van der Waals surface area contributed by atoms with E-state index >= 15 is 0 Å². The van der Waals surface area contributed by atoms with Gasteiger partial charge in [-0.15, -0.1) is 12.4 Å². The molecule has 1 aliphatic carbocycles. The summed E-state index contributed by atoms with van der Waals surface area (Å²) in [4.78, 5) is 10.6. The van der Waals surface area contributed by atoms with Crippen molar-refractivity contribution in [2.45, 2.75) is 26.7 Å². The number of rotatable bonds is 1. The zero-order valence-electron chi connectivity index (χ0n) is 7.41. The zero-order valence-corrected chi connectivity index (χ0v) is 8.23. The second-order valence-electron chi connectivity index (χ2n) is 3.41. The molecule has 70 valence electrons. The van der Waals surface area contributed by atoms with E-state index < -0.39 is 5.97 Å². The van der Waals surface area contributed by atoms with Crippen LogP contribution in [0.3, 0.4) is 0 Å². The molecule has 0 unspecified atom stereocenters. The van der Waals surface area contributed by atoms with Crippen LogP contribution in [0.5, 0.6) is 0 Å². The average Bonchev–Trinajstić information content (AvgIpc) is 1.85. The largest absolute Gasteiger partial charge is 0.481 e. The minimum Gasteiger partial charge on any atom is -0.481 e. The first-order chi connectivity index (χ1) is 5.11. The van der Waals surface area contributed by atoms with Crippen LogP contribution in [-0.2, 0) is 4.79 Å². The number of halogens is 1. The molecule has 12 heavy (non-hydrogen) atoms. The molecular formula is C9H15ClO2. The van der Waals surface area contributed by atoms with Crippen molar-refractivity contribution in [2.75, 3.05) is 0 Å². The van der Waals surface area contributed by atoms with Gasteiger partial charge in [0.15, 0.2) is 0 Å². The summed E-state index contributed by atoms with van der Waals surface area (Å²) in [5.41, 5.74) is 1.33. The Morgan fingerprint density at radius 3 is 2.67 bits per heavy atom. The average molecular weight is 191 g/mol. The summed E-state index contributed by atoms with van der Waals surface area (Å²) in [5.74, 6) is -0.502. The summed E-state index contributed by atoms with van der Waals surface area (Å²) >= 11 is 0. The van der Waals surface area contributed by atoms with Crippen LogP contribution >= 0.6 is 12.4 Å². The molecule has 0 aromatic rings. The van der Waals surface area contributed by atoms with Crippen molar-refractivity contribution in [3.63, 3.8) is 0 Å². The van der Waals surface area contributed by atoms with Gasteiger partial charge in [-0.2, -0.15) is 0 Å². The van der Waals surface area contributed by atoms with E-state index in [2.05, 4.69) is 6.92 Å². The lowest BCUT2D eigenvalue weighted by molar-refractivity contribution is -0.143. The SMILES string of the molecule is CC1=CC[C@H](C(=O)O)[C@@H](C)C1.Cl. The summed E-state index contributed by atoms with van der Waals surface area (Å²) in [6.07, 6.45) is 3.69. The van der Waals surface area contributed by atoms with Gasteiger partial charge >= 0.3 is 5.97 Å². The van der Waals surface area contributed by atoms with Crippen molar-refractivity contribution in [2.24, 2.45) is 11.8 Å². The second kappa shape index (κ2) is 4.51. The maximum atomic E-state index is 10.6. The fourth-order valence-electron chi connectivity index (χ4n) is 1.64. The van der Waals surface area contributed by atoms with E-state index in [1.165, 1.54) is 5.57 Å². The second-order valence-corrected chi connectivity index (χ2v) is 3.41.